The molecule has 0 spiro atoms. The average molecular weight is 277 g/mol. The predicted molar refractivity (Wildman–Crippen MR) is 83.2 cm³/mol. The molecular weight excluding hydrogens is 249 g/mol. The van der Waals surface area contributed by atoms with Gasteiger partial charge in [-0.2, -0.15) is 0 Å². The van der Waals surface area contributed by atoms with Crippen LogP contribution in [0, 0.1) is 17.7 Å². The lowest BCUT2D eigenvalue weighted by Gasteiger charge is -2.27. The molecule has 1 fully saturated rings. The molecule has 0 bridgehead atoms. The first-order chi connectivity index (χ1) is 9.69. The van der Waals surface area contributed by atoms with Gasteiger partial charge in [-0.05, 0) is 55.3 Å². The van der Waals surface area contributed by atoms with Crippen LogP contribution >= 0.6 is 0 Å². The van der Waals surface area contributed by atoms with E-state index in [2.05, 4.69) is 19.2 Å². The molecule has 3 unspecified atom stereocenters. The second kappa shape index (κ2) is 7.78. The van der Waals surface area contributed by atoms with Crippen LogP contribution in [0.15, 0.2) is 24.3 Å². The molecule has 1 saturated carbocycles. The molecule has 2 heteroatoms. The van der Waals surface area contributed by atoms with Crippen molar-refractivity contribution in [3.63, 3.8) is 0 Å². The molecule has 2 rings (SSSR count). The Labute approximate surface area is 123 Å². The van der Waals surface area contributed by atoms with E-state index in [9.17, 15) is 4.39 Å². The largest absolute Gasteiger partial charge is 0.310 e. The zero-order valence-corrected chi connectivity index (χ0v) is 12.9. The summed E-state index contributed by atoms with van der Waals surface area (Å²) in [5, 5.41) is 3.64. The molecule has 1 N–H and O–H groups in total. The Hall–Kier alpha value is -0.890. The maximum atomic E-state index is 13.0. The molecule has 20 heavy (non-hydrogen) atoms. The highest BCUT2D eigenvalue weighted by atomic mass is 19.1. The Morgan fingerprint density at radius 2 is 2.00 bits per heavy atom. The Balaban J connectivity index is 1.77. The normalized spacial score (nSPS) is 24.6. The highest BCUT2D eigenvalue weighted by Crippen LogP contribution is 2.30. The van der Waals surface area contributed by atoms with Gasteiger partial charge in [0.05, 0.1) is 0 Å². The zero-order valence-electron chi connectivity index (χ0n) is 12.9. The minimum Gasteiger partial charge on any atom is -0.310 e. The van der Waals surface area contributed by atoms with Crippen molar-refractivity contribution in [2.75, 3.05) is 6.54 Å². The Morgan fingerprint density at radius 3 is 2.65 bits per heavy atom. The van der Waals surface area contributed by atoms with Crippen molar-refractivity contribution < 1.29 is 4.39 Å². The van der Waals surface area contributed by atoms with E-state index in [1.54, 1.807) is 12.1 Å². The SMILES string of the molecule is CCC(NCCC1CCCC(C)C1)c1ccc(F)cc1. The van der Waals surface area contributed by atoms with Gasteiger partial charge in [0, 0.05) is 6.04 Å². The van der Waals surface area contributed by atoms with E-state index in [1.807, 2.05) is 12.1 Å². The van der Waals surface area contributed by atoms with Crippen LogP contribution in [0.3, 0.4) is 0 Å². The molecule has 1 nitrogen and oxygen atoms in total. The van der Waals surface area contributed by atoms with E-state index in [-0.39, 0.29) is 5.82 Å². The summed E-state index contributed by atoms with van der Waals surface area (Å²) in [6.07, 6.45) is 7.95. The predicted octanol–water partition coefficient (Wildman–Crippen LogP) is 5.08. The topological polar surface area (TPSA) is 12.0 Å². The van der Waals surface area contributed by atoms with Gasteiger partial charge in [0.15, 0.2) is 0 Å². The fourth-order valence-corrected chi connectivity index (χ4v) is 3.48. The van der Waals surface area contributed by atoms with Gasteiger partial charge in [-0.1, -0.05) is 45.2 Å². The van der Waals surface area contributed by atoms with Crippen molar-refractivity contribution in [3.05, 3.63) is 35.6 Å². The van der Waals surface area contributed by atoms with Gasteiger partial charge in [-0.15, -0.1) is 0 Å². The maximum Gasteiger partial charge on any atom is 0.123 e. The summed E-state index contributed by atoms with van der Waals surface area (Å²) in [6.45, 7) is 5.64. The van der Waals surface area contributed by atoms with Gasteiger partial charge in [0.1, 0.15) is 5.82 Å². The second-order valence-corrected chi connectivity index (χ2v) is 6.39. The molecule has 0 aliphatic heterocycles. The van der Waals surface area contributed by atoms with E-state index >= 15 is 0 Å². The summed E-state index contributed by atoms with van der Waals surface area (Å²) in [6, 6.07) is 7.28. The van der Waals surface area contributed by atoms with Crippen LogP contribution in [0.25, 0.3) is 0 Å². The number of hydrogen-bond acceptors (Lipinski definition) is 1. The van der Waals surface area contributed by atoms with Crippen molar-refractivity contribution >= 4 is 0 Å². The summed E-state index contributed by atoms with van der Waals surface area (Å²) in [5.41, 5.74) is 1.20. The van der Waals surface area contributed by atoms with Gasteiger partial charge >= 0.3 is 0 Å². The van der Waals surface area contributed by atoms with Crippen LogP contribution in [0.2, 0.25) is 0 Å². The summed E-state index contributed by atoms with van der Waals surface area (Å²) in [7, 11) is 0. The fourth-order valence-electron chi connectivity index (χ4n) is 3.48. The third kappa shape index (κ3) is 4.59. The van der Waals surface area contributed by atoms with Crippen LogP contribution in [-0.2, 0) is 0 Å². The van der Waals surface area contributed by atoms with E-state index in [0.29, 0.717) is 6.04 Å². The van der Waals surface area contributed by atoms with Crippen LogP contribution in [0.5, 0.6) is 0 Å². The number of halogens is 1. The third-order valence-corrected chi connectivity index (χ3v) is 4.67. The van der Waals surface area contributed by atoms with Crippen LogP contribution < -0.4 is 5.32 Å². The lowest BCUT2D eigenvalue weighted by molar-refractivity contribution is 0.264. The van der Waals surface area contributed by atoms with Gasteiger partial charge in [0.25, 0.3) is 0 Å². The zero-order chi connectivity index (χ0) is 14.4. The van der Waals surface area contributed by atoms with Crippen LogP contribution in [-0.4, -0.2) is 6.54 Å². The highest BCUT2D eigenvalue weighted by molar-refractivity contribution is 5.19. The van der Waals surface area contributed by atoms with Crippen molar-refractivity contribution in [1.82, 2.24) is 5.32 Å². The molecule has 0 heterocycles. The number of rotatable bonds is 6. The quantitative estimate of drug-likeness (QED) is 0.764. The molecule has 1 aromatic rings. The number of hydrogen-bond donors (Lipinski definition) is 1. The fraction of sp³-hybridized carbons (Fsp3) is 0.667. The molecule has 1 aromatic carbocycles. The van der Waals surface area contributed by atoms with E-state index in [1.165, 1.54) is 37.7 Å². The van der Waals surface area contributed by atoms with E-state index in [0.717, 1.165) is 24.8 Å². The minimum atomic E-state index is -0.153. The Morgan fingerprint density at radius 1 is 1.25 bits per heavy atom. The van der Waals surface area contributed by atoms with Gasteiger partial charge in [0.2, 0.25) is 0 Å². The lowest BCUT2D eigenvalue weighted by Crippen LogP contribution is -2.25. The van der Waals surface area contributed by atoms with Crippen molar-refractivity contribution in [2.24, 2.45) is 11.8 Å². The molecule has 0 saturated heterocycles. The Kier molecular flexibility index (Phi) is 6.03. The molecule has 0 amide bonds. The first kappa shape index (κ1) is 15.5. The van der Waals surface area contributed by atoms with E-state index < -0.39 is 0 Å². The van der Waals surface area contributed by atoms with Crippen molar-refractivity contribution in [2.45, 2.75) is 58.4 Å². The molecule has 1 aliphatic rings. The summed E-state index contributed by atoms with van der Waals surface area (Å²) in [5.74, 6) is 1.66. The van der Waals surface area contributed by atoms with Crippen molar-refractivity contribution in [3.8, 4) is 0 Å². The van der Waals surface area contributed by atoms with Gasteiger partial charge in [-0.25, -0.2) is 4.39 Å². The third-order valence-electron chi connectivity index (χ3n) is 4.67. The van der Waals surface area contributed by atoms with E-state index in [4.69, 9.17) is 0 Å². The standard InChI is InChI=1S/C18H28FN/c1-3-18(16-7-9-17(19)10-8-16)20-12-11-15-6-4-5-14(2)13-15/h7-10,14-15,18,20H,3-6,11-13H2,1-2H3. The summed E-state index contributed by atoms with van der Waals surface area (Å²) >= 11 is 0. The van der Waals surface area contributed by atoms with Crippen LogP contribution in [0.4, 0.5) is 4.39 Å². The molecule has 112 valence electrons. The monoisotopic (exact) mass is 277 g/mol. The Bertz CT molecular complexity index is 387. The van der Waals surface area contributed by atoms with Crippen LogP contribution in [0.1, 0.15) is 64.0 Å². The number of nitrogens with one attached hydrogen (secondary N) is 1. The molecule has 1 aliphatic carbocycles. The van der Waals surface area contributed by atoms with Gasteiger partial charge in [-0.3, -0.25) is 0 Å². The summed E-state index contributed by atoms with van der Waals surface area (Å²) < 4.78 is 13.0. The van der Waals surface area contributed by atoms with Gasteiger partial charge < -0.3 is 5.32 Å². The van der Waals surface area contributed by atoms with Crippen molar-refractivity contribution in [1.29, 1.82) is 0 Å². The average Bonchev–Trinajstić information content (AvgIpc) is 2.45. The second-order valence-electron chi connectivity index (χ2n) is 6.39. The smallest absolute Gasteiger partial charge is 0.123 e. The molecule has 3 atom stereocenters. The highest BCUT2D eigenvalue weighted by Gasteiger charge is 2.18. The number of benzene rings is 1. The maximum absolute atomic E-state index is 13.0. The minimum absolute atomic E-state index is 0.153. The molecular formula is C18H28FN. The first-order valence-corrected chi connectivity index (χ1v) is 8.18. The molecule has 0 radical (unpaired) electrons. The summed E-state index contributed by atoms with van der Waals surface area (Å²) in [4.78, 5) is 0. The lowest BCUT2D eigenvalue weighted by atomic mass is 9.81. The first-order valence-electron chi connectivity index (χ1n) is 8.18. The molecule has 0 aromatic heterocycles.